The van der Waals surface area contributed by atoms with Crippen molar-refractivity contribution < 1.29 is 9.53 Å². The molecule has 1 atom stereocenters. The lowest BCUT2D eigenvalue weighted by molar-refractivity contribution is -0.125. The zero-order valence-corrected chi connectivity index (χ0v) is 11.1. The Morgan fingerprint density at radius 3 is 3.17 bits per heavy atom. The van der Waals surface area contributed by atoms with Gasteiger partial charge >= 0.3 is 0 Å². The predicted octanol–water partition coefficient (Wildman–Crippen LogP) is 1.68. The highest BCUT2D eigenvalue weighted by Crippen LogP contribution is 2.23. The molecule has 0 spiro atoms. The Labute approximate surface area is 112 Å². The highest BCUT2D eigenvalue weighted by Gasteiger charge is 2.23. The number of hydrogen-bond acceptors (Lipinski definition) is 3. The number of nitrogens with one attached hydrogen (secondary N) is 1. The predicted molar refractivity (Wildman–Crippen MR) is 72.1 cm³/mol. The minimum Gasteiger partial charge on any atom is -0.375 e. The summed E-state index contributed by atoms with van der Waals surface area (Å²) in [5.74, 6) is -0.0598. The summed E-state index contributed by atoms with van der Waals surface area (Å²) in [5.41, 5.74) is 1.10. The summed E-state index contributed by atoms with van der Waals surface area (Å²) >= 11 is 5.97. The third-order valence-electron chi connectivity index (χ3n) is 3.00. The molecule has 1 N–H and O–H groups in total. The molecular weight excluding hydrogens is 252 g/mol. The summed E-state index contributed by atoms with van der Waals surface area (Å²) < 4.78 is 4.80. The van der Waals surface area contributed by atoms with Gasteiger partial charge in [0.05, 0.1) is 0 Å². The number of ether oxygens (including phenoxy) is 1. The monoisotopic (exact) mass is 268 g/mol. The van der Waals surface area contributed by atoms with Gasteiger partial charge in [-0.15, -0.1) is 0 Å². The second-order valence-electron chi connectivity index (χ2n) is 4.41. The fourth-order valence-electron chi connectivity index (χ4n) is 2.19. The van der Waals surface area contributed by atoms with Crippen molar-refractivity contribution in [3.63, 3.8) is 0 Å². The molecule has 1 aromatic rings. The Kier molecular flexibility index (Phi) is 4.44. The highest BCUT2D eigenvalue weighted by molar-refractivity contribution is 6.30. The third kappa shape index (κ3) is 3.37. The molecule has 1 fully saturated rings. The summed E-state index contributed by atoms with van der Waals surface area (Å²) in [5, 5.41) is 3.69. The summed E-state index contributed by atoms with van der Waals surface area (Å²) in [7, 11) is 1.52. The molecular formula is C13H17ClN2O2. The highest BCUT2D eigenvalue weighted by atomic mass is 35.5. The van der Waals surface area contributed by atoms with E-state index >= 15 is 0 Å². The van der Waals surface area contributed by atoms with E-state index in [2.05, 4.69) is 10.2 Å². The van der Waals surface area contributed by atoms with Gasteiger partial charge in [-0.25, -0.2) is 0 Å². The maximum Gasteiger partial charge on any atom is 0.246 e. The van der Waals surface area contributed by atoms with Crippen molar-refractivity contribution in [2.45, 2.75) is 12.5 Å². The van der Waals surface area contributed by atoms with Crippen LogP contribution in [-0.4, -0.2) is 38.8 Å². The molecule has 0 aromatic heterocycles. The molecule has 0 aliphatic carbocycles. The number of amides is 1. The van der Waals surface area contributed by atoms with E-state index in [-0.39, 0.29) is 18.6 Å². The second kappa shape index (κ2) is 6.07. The van der Waals surface area contributed by atoms with Crippen molar-refractivity contribution in [1.82, 2.24) is 5.32 Å². The van der Waals surface area contributed by atoms with Crippen molar-refractivity contribution >= 4 is 23.2 Å². The van der Waals surface area contributed by atoms with Gasteiger partial charge in [0.1, 0.15) is 6.61 Å². The number of halogens is 1. The van der Waals surface area contributed by atoms with Gasteiger partial charge in [-0.2, -0.15) is 0 Å². The first-order chi connectivity index (χ1) is 8.69. The van der Waals surface area contributed by atoms with Crippen molar-refractivity contribution in [3.8, 4) is 0 Å². The number of anilines is 1. The van der Waals surface area contributed by atoms with Crippen LogP contribution in [0.25, 0.3) is 0 Å². The van der Waals surface area contributed by atoms with Crippen LogP contribution in [0.15, 0.2) is 24.3 Å². The first kappa shape index (κ1) is 13.2. The number of nitrogens with zero attached hydrogens (tertiary/aromatic N) is 1. The molecule has 18 heavy (non-hydrogen) atoms. The summed E-state index contributed by atoms with van der Waals surface area (Å²) in [6.07, 6.45) is 0.946. The fourth-order valence-corrected chi connectivity index (χ4v) is 2.37. The maximum absolute atomic E-state index is 11.4. The molecule has 1 aliphatic rings. The van der Waals surface area contributed by atoms with Crippen LogP contribution < -0.4 is 10.2 Å². The number of carbonyl (C=O) groups is 1. The van der Waals surface area contributed by atoms with E-state index in [0.29, 0.717) is 0 Å². The minimum atomic E-state index is -0.0598. The molecule has 1 aliphatic heterocycles. The lowest BCUT2D eigenvalue weighted by atomic mass is 10.2. The molecule has 4 nitrogen and oxygen atoms in total. The average molecular weight is 269 g/mol. The molecule has 0 bridgehead atoms. The van der Waals surface area contributed by atoms with E-state index in [1.165, 1.54) is 7.11 Å². The van der Waals surface area contributed by atoms with Crippen LogP contribution >= 0.6 is 11.6 Å². The van der Waals surface area contributed by atoms with Crippen LogP contribution in [0.2, 0.25) is 5.02 Å². The first-order valence-corrected chi connectivity index (χ1v) is 6.35. The van der Waals surface area contributed by atoms with Gasteiger partial charge < -0.3 is 15.0 Å². The van der Waals surface area contributed by atoms with Crippen LogP contribution in [0, 0.1) is 0 Å². The second-order valence-corrected chi connectivity index (χ2v) is 4.85. The van der Waals surface area contributed by atoms with Gasteiger partial charge in [-0.1, -0.05) is 17.7 Å². The van der Waals surface area contributed by atoms with Crippen molar-refractivity contribution in [2.24, 2.45) is 0 Å². The molecule has 1 heterocycles. The Balaban J connectivity index is 1.90. The largest absolute Gasteiger partial charge is 0.375 e. The smallest absolute Gasteiger partial charge is 0.246 e. The van der Waals surface area contributed by atoms with Crippen LogP contribution in [0.1, 0.15) is 6.42 Å². The van der Waals surface area contributed by atoms with E-state index in [4.69, 9.17) is 16.3 Å². The van der Waals surface area contributed by atoms with Gasteiger partial charge in [0.2, 0.25) is 5.91 Å². The van der Waals surface area contributed by atoms with Crippen LogP contribution in [0.3, 0.4) is 0 Å². The van der Waals surface area contributed by atoms with Gasteiger partial charge in [-0.3, -0.25) is 4.79 Å². The summed E-state index contributed by atoms with van der Waals surface area (Å²) in [4.78, 5) is 13.6. The Morgan fingerprint density at radius 1 is 1.61 bits per heavy atom. The summed E-state index contributed by atoms with van der Waals surface area (Å²) in [6, 6.07) is 7.96. The van der Waals surface area contributed by atoms with E-state index in [9.17, 15) is 4.79 Å². The molecule has 1 amide bonds. The van der Waals surface area contributed by atoms with Crippen molar-refractivity contribution in [3.05, 3.63) is 29.3 Å². The molecule has 0 radical (unpaired) electrons. The van der Waals surface area contributed by atoms with Crippen LogP contribution in [0.4, 0.5) is 5.69 Å². The SMILES string of the molecule is COCC(=O)N[C@H]1CCN(c2cccc(Cl)c2)C1. The van der Waals surface area contributed by atoms with Crippen molar-refractivity contribution in [2.75, 3.05) is 31.7 Å². The van der Waals surface area contributed by atoms with Gasteiger partial charge in [0.25, 0.3) is 0 Å². The third-order valence-corrected chi connectivity index (χ3v) is 3.24. The van der Waals surface area contributed by atoms with Gasteiger partial charge in [0.15, 0.2) is 0 Å². The van der Waals surface area contributed by atoms with Crippen molar-refractivity contribution in [1.29, 1.82) is 0 Å². The molecule has 0 unspecified atom stereocenters. The zero-order valence-electron chi connectivity index (χ0n) is 10.4. The van der Waals surface area contributed by atoms with E-state index in [1.807, 2.05) is 24.3 Å². The van der Waals surface area contributed by atoms with E-state index in [1.54, 1.807) is 0 Å². The minimum absolute atomic E-state index is 0.0598. The standard InChI is InChI=1S/C13H17ClN2O2/c1-18-9-13(17)15-11-5-6-16(8-11)12-4-2-3-10(14)7-12/h2-4,7,11H,5-6,8-9H2,1H3,(H,15,17)/t11-/m0/s1. The fraction of sp³-hybridized carbons (Fsp3) is 0.462. The summed E-state index contributed by atoms with van der Waals surface area (Å²) in [6.45, 7) is 1.86. The zero-order chi connectivity index (χ0) is 13.0. The molecule has 2 rings (SSSR count). The first-order valence-electron chi connectivity index (χ1n) is 5.98. The number of carbonyl (C=O) groups excluding carboxylic acids is 1. The number of methoxy groups -OCH3 is 1. The maximum atomic E-state index is 11.4. The number of benzene rings is 1. The molecule has 0 saturated carbocycles. The molecule has 98 valence electrons. The lowest BCUT2D eigenvalue weighted by Crippen LogP contribution is -2.38. The molecule has 1 aromatic carbocycles. The van der Waals surface area contributed by atoms with E-state index in [0.717, 1.165) is 30.2 Å². The van der Waals surface area contributed by atoms with Crippen LogP contribution in [-0.2, 0) is 9.53 Å². The average Bonchev–Trinajstić information content (AvgIpc) is 2.78. The number of rotatable bonds is 4. The van der Waals surface area contributed by atoms with Gasteiger partial charge in [0, 0.05) is 37.0 Å². The van der Waals surface area contributed by atoms with Gasteiger partial charge in [-0.05, 0) is 24.6 Å². The Bertz CT molecular complexity index is 425. The quantitative estimate of drug-likeness (QED) is 0.903. The Morgan fingerprint density at radius 2 is 2.44 bits per heavy atom. The van der Waals surface area contributed by atoms with Crippen LogP contribution in [0.5, 0.6) is 0 Å². The molecule has 1 saturated heterocycles. The Hall–Kier alpha value is -1.26. The van der Waals surface area contributed by atoms with E-state index < -0.39 is 0 Å². The lowest BCUT2D eigenvalue weighted by Gasteiger charge is -2.19. The topological polar surface area (TPSA) is 41.6 Å². The normalized spacial score (nSPS) is 19.0. The molecule has 5 heteroatoms. The number of hydrogen-bond donors (Lipinski definition) is 1.